The van der Waals surface area contributed by atoms with Gasteiger partial charge in [-0.25, -0.2) is 14.3 Å². The molecular formula is C16H22N4O2. The van der Waals surface area contributed by atoms with Gasteiger partial charge in [-0.2, -0.15) is 0 Å². The first-order chi connectivity index (χ1) is 10.6. The highest BCUT2D eigenvalue weighted by atomic mass is 16.5. The van der Waals surface area contributed by atoms with E-state index in [1.54, 1.807) is 16.6 Å². The topological polar surface area (TPSA) is 59.7 Å². The van der Waals surface area contributed by atoms with Gasteiger partial charge in [-0.1, -0.05) is 6.42 Å². The molecule has 0 aliphatic carbocycles. The van der Waals surface area contributed by atoms with Crippen molar-refractivity contribution >= 4 is 11.6 Å². The van der Waals surface area contributed by atoms with E-state index in [1.165, 1.54) is 20.0 Å². The molecule has 0 amide bonds. The predicted molar refractivity (Wildman–Crippen MR) is 82.8 cm³/mol. The Hall–Kier alpha value is -1.95. The van der Waals surface area contributed by atoms with Crippen molar-refractivity contribution < 1.29 is 9.53 Å². The van der Waals surface area contributed by atoms with E-state index in [9.17, 15) is 4.79 Å². The van der Waals surface area contributed by atoms with Crippen LogP contribution in [0.3, 0.4) is 0 Å². The van der Waals surface area contributed by atoms with Crippen LogP contribution in [0.25, 0.3) is 5.65 Å². The highest BCUT2D eigenvalue weighted by molar-refractivity contribution is 5.95. The molecule has 0 radical (unpaired) electrons. The fourth-order valence-corrected chi connectivity index (χ4v) is 3.18. The molecule has 1 atom stereocenters. The number of ether oxygens (including phenoxy) is 1. The van der Waals surface area contributed by atoms with Gasteiger partial charge < -0.3 is 4.74 Å². The normalized spacial score (nSPS) is 19.7. The smallest absolute Gasteiger partial charge is 0.341 e. The second-order valence-corrected chi connectivity index (χ2v) is 5.99. The van der Waals surface area contributed by atoms with Crippen LogP contribution >= 0.6 is 0 Å². The minimum absolute atomic E-state index is 0.221. The summed E-state index contributed by atoms with van der Waals surface area (Å²) in [6.07, 6.45) is 5.28. The van der Waals surface area contributed by atoms with Crippen molar-refractivity contribution in [2.45, 2.75) is 45.2 Å². The number of nitrogens with zero attached hydrogens (tertiary/aromatic N) is 4. The quantitative estimate of drug-likeness (QED) is 0.815. The minimum atomic E-state index is -0.381. The molecule has 3 rings (SSSR count). The Balaban J connectivity index is 2.02. The van der Waals surface area contributed by atoms with Crippen molar-refractivity contribution in [1.29, 1.82) is 0 Å². The van der Waals surface area contributed by atoms with Crippen molar-refractivity contribution in [1.82, 2.24) is 19.5 Å². The number of piperidine rings is 1. The van der Waals surface area contributed by atoms with Gasteiger partial charge in [-0.3, -0.25) is 4.90 Å². The van der Waals surface area contributed by atoms with Gasteiger partial charge in [0.1, 0.15) is 5.56 Å². The van der Waals surface area contributed by atoms with Gasteiger partial charge in [0.05, 0.1) is 13.2 Å². The molecular weight excluding hydrogens is 280 g/mol. The molecule has 0 spiro atoms. The Morgan fingerprint density at radius 2 is 2.23 bits per heavy atom. The Labute approximate surface area is 130 Å². The molecule has 0 saturated carbocycles. The fraction of sp³-hybridized carbons (Fsp3) is 0.562. The second kappa shape index (κ2) is 6.04. The average Bonchev–Trinajstić information content (AvgIpc) is 2.97. The molecule has 3 heterocycles. The summed E-state index contributed by atoms with van der Waals surface area (Å²) in [5, 5.41) is 4.60. The molecule has 1 saturated heterocycles. The maximum atomic E-state index is 11.9. The lowest BCUT2D eigenvalue weighted by Gasteiger charge is -2.36. The summed E-state index contributed by atoms with van der Waals surface area (Å²) in [5.41, 5.74) is 1.02. The highest BCUT2D eigenvalue weighted by Crippen LogP contribution is 2.31. The first-order valence-electron chi connectivity index (χ1n) is 7.81. The summed E-state index contributed by atoms with van der Waals surface area (Å²) >= 11 is 0. The van der Waals surface area contributed by atoms with Crippen molar-refractivity contribution in [2.24, 2.45) is 0 Å². The van der Waals surface area contributed by atoms with Crippen LogP contribution in [-0.4, -0.2) is 45.2 Å². The van der Waals surface area contributed by atoms with E-state index in [4.69, 9.17) is 4.74 Å². The number of likely N-dealkylation sites (tertiary alicyclic amines) is 1. The number of carbonyl (C=O) groups is 1. The van der Waals surface area contributed by atoms with E-state index in [-0.39, 0.29) is 12.0 Å². The van der Waals surface area contributed by atoms with E-state index in [2.05, 4.69) is 28.8 Å². The monoisotopic (exact) mass is 302 g/mol. The van der Waals surface area contributed by atoms with Gasteiger partial charge in [0.2, 0.25) is 0 Å². The molecule has 0 aromatic carbocycles. The Bertz CT molecular complexity index is 680. The molecule has 1 fully saturated rings. The first-order valence-corrected chi connectivity index (χ1v) is 7.81. The average molecular weight is 302 g/mol. The number of pyridine rings is 1. The number of rotatable bonds is 3. The predicted octanol–water partition coefficient (Wildman–Crippen LogP) is 2.45. The third-order valence-corrected chi connectivity index (χ3v) is 4.29. The van der Waals surface area contributed by atoms with Crippen LogP contribution in [0.1, 0.15) is 55.3 Å². The number of hydrogen-bond donors (Lipinski definition) is 0. The summed E-state index contributed by atoms with van der Waals surface area (Å²) in [6, 6.07) is 4.19. The Kier molecular flexibility index (Phi) is 4.11. The van der Waals surface area contributed by atoms with Gasteiger partial charge in [-0.05, 0) is 45.4 Å². The van der Waals surface area contributed by atoms with Crippen LogP contribution < -0.4 is 0 Å². The lowest BCUT2D eigenvalue weighted by Crippen LogP contribution is -2.39. The number of hydrogen-bond acceptors (Lipinski definition) is 5. The van der Waals surface area contributed by atoms with Gasteiger partial charge in [0.25, 0.3) is 0 Å². The van der Waals surface area contributed by atoms with E-state index < -0.39 is 0 Å². The highest BCUT2D eigenvalue weighted by Gasteiger charge is 2.29. The Morgan fingerprint density at radius 1 is 1.41 bits per heavy atom. The standard InChI is InChI=1S/C16H22N4O2/c1-11(2)19-9-5-4-8-13(19)14-17-15-12(16(21)22-3)7-6-10-20(15)18-14/h6-7,10-11,13H,4-5,8-9H2,1-3H3. The Morgan fingerprint density at radius 3 is 2.95 bits per heavy atom. The molecule has 0 N–H and O–H groups in total. The van der Waals surface area contributed by atoms with Crippen LogP contribution in [0, 0.1) is 0 Å². The van der Waals surface area contributed by atoms with E-state index in [0.29, 0.717) is 17.3 Å². The van der Waals surface area contributed by atoms with E-state index in [0.717, 1.165) is 18.8 Å². The van der Waals surface area contributed by atoms with Gasteiger partial charge in [0, 0.05) is 12.2 Å². The zero-order valence-electron chi connectivity index (χ0n) is 13.3. The molecule has 2 aromatic heterocycles. The van der Waals surface area contributed by atoms with Crippen LogP contribution in [0.5, 0.6) is 0 Å². The minimum Gasteiger partial charge on any atom is -0.465 e. The molecule has 6 nitrogen and oxygen atoms in total. The molecule has 1 aliphatic rings. The number of aromatic nitrogens is 3. The first kappa shape index (κ1) is 15.0. The van der Waals surface area contributed by atoms with Crippen molar-refractivity contribution in [3.05, 3.63) is 29.7 Å². The second-order valence-electron chi connectivity index (χ2n) is 5.99. The SMILES string of the molecule is COC(=O)c1cccn2nc(C3CCCCN3C(C)C)nc12. The third kappa shape index (κ3) is 2.59. The molecule has 2 aromatic rings. The summed E-state index contributed by atoms with van der Waals surface area (Å²) < 4.78 is 6.50. The molecule has 1 aliphatic heterocycles. The lowest BCUT2D eigenvalue weighted by atomic mass is 10.00. The van der Waals surface area contributed by atoms with Crippen LogP contribution in [0.2, 0.25) is 0 Å². The number of fused-ring (bicyclic) bond motifs is 1. The summed E-state index contributed by atoms with van der Waals surface area (Å²) in [5.74, 6) is 0.415. The maximum Gasteiger partial charge on any atom is 0.341 e. The molecule has 22 heavy (non-hydrogen) atoms. The number of carbonyl (C=O) groups excluding carboxylic acids is 1. The zero-order valence-corrected chi connectivity index (χ0v) is 13.3. The third-order valence-electron chi connectivity index (χ3n) is 4.29. The van der Waals surface area contributed by atoms with Crippen LogP contribution in [-0.2, 0) is 4.74 Å². The fourth-order valence-electron chi connectivity index (χ4n) is 3.18. The van der Waals surface area contributed by atoms with Gasteiger partial charge in [-0.15, -0.1) is 5.10 Å². The molecule has 6 heteroatoms. The van der Waals surface area contributed by atoms with Crippen LogP contribution in [0.4, 0.5) is 0 Å². The summed E-state index contributed by atoms with van der Waals surface area (Å²) in [4.78, 5) is 19.0. The van der Waals surface area contributed by atoms with Gasteiger partial charge in [0.15, 0.2) is 11.5 Å². The van der Waals surface area contributed by atoms with Crippen molar-refractivity contribution in [2.75, 3.05) is 13.7 Å². The molecule has 118 valence electrons. The molecule has 1 unspecified atom stereocenters. The number of esters is 1. The van der Waals surface area contributed by atoms with Crippen LogP contribution in [0.15, 0.2) is 18.3 Å². The zero-order chi connectivity index (χ0) is 15.7. The largest absolute Gasteiger partial charge is 0.465 e. The number of methoxy groups -OCH3 is 1. The van der Waals surface area contributed by atoms with Crippen molar-refractivity contribution in [3.8, 4) is 0 Å². The van der Waals surface area contributed by atoms with E-state index >= 15 is 0 Å². The summed E-state index contributed by atoms with van der Waals surface area (Å²) in [6.45, 7) is 5.48. The van der Waals surface area contributed by atoms with E-state index in [1.807, 2.05) is 6.20 Å². The lowest BCUT2D eigenvalue weighted by molar-refractivity contribution is 0.0602. The maximum absolute atomic E-state index is 11.9. The van der Waals surface area contributed by atoms with Gasteiger partial charge >= 0.3 is 5.97 Å². The summed E-state index contributed by atoms with van der Waals surface area (Å²) in [7, 11) is 1.38. The molecule has 0 bridgehead atoms. The van der Waals surface area contributed by atoms with Crippen molar-refractivity contribution in [3.63, 3.8) is 0 Å².